The van der Waals surface area contributed by atoms with E-state index in [2.05, 4.69) is 5.32 Å². The van der Waals surface area contributed by atoms with E-state index in [1.165, 1.54) is 0 Å². The van der Waals surface area contributed by atoms with E-state index in [4.69, 9.17) is 10.2 Å². The van der Waals surface area contributed by atoms with E-state index in [0.717, 1.165) is 6.42 Å². The molecule has 0 radical (unpaired) electrons. The van der Waals surface area contributed by atoms with Gasteiger partial charge in [-0.1, -0.05) is 13.3 Å². The smallest absolute Gasteiger partial charge is 0.320 e. The molecule has 0 rings (SSSR count). The summed E-state index contributed by atoms with van der Waals surface area (Å²) in [6.45, 7) is 3.65. The number of hydrogen-bond acceptors (Lipinski definition) is 3. The van der Waals surface area contributed by atoms with Crippen molar-refractivity contribution in [1.29, 1.82) is 0 Å². The number of hydrogen-bond donors (Lipinski definition) is 3. The first-order valence-electron chi connectivity index (χ1n) is 4.21. The Labute approximate surface area is 72.6 Å². The van der Waals surface area contributed by atoms with Crippen LogP contribution in [0.5, 0.6) is 0 Å². The maximum absolute atomic E-state index is 10.6. The van der Waals surface area contributed by atoms with Crippen LogP contribution in [0.3, 0.4) is 0 Å². The Morgan fingerprint density at radius 2 is 2.17 bits per heavy atom. The van der Waals surface area contributed by atoms with Crippen molar-refractivity contribution in [3.05, 3.63) is 0 Å². The summed E-state index contributed by atoms with van der Waals surface area (Å²) in [5.41, 5.74) is 0. The van der Waals surface area contributed by atoms with Crippen molar-refractivity contribution in [2.75, 3.05) is 6.61 Å². The highest BCUT2D eigenvalue weighted by molar-refractivity contribution is 5.73. The molecular formula is C8H17NO3. The van der Waals surface area contributed by atoms with Crippen LogP contribution in [0.2, 0.25) is 0 Å². The number of aliphatic carboxylic acids is 1. The Bertz CT molecular complexity index is 138. The van der Waals surface area contributed by atoms with Gasteiger partial charge in [0.2, 0.25) is 0 Å². The van der Waals surface area contributed by atoms with Gasteiger partial charge in [-0.05, 0) is 13.3 Å². The largest absolute Gasteiger partial charge is 0.480 e. The van der Waals surface area contributed by atoms with Gasteiger partial charge in [0.1, 0.15) is 6.04 Å². The van der Waals surface area contributed by atoms with Gasteiger partial charge in [-0.3, -0.25) is 10.1 Å². The molecule has 4 heteroatoms. The predicted molar refractivity (Wildman–Crippen MR) is 46.0 cm³/mol. The first-order chi connectivity index (χ1) is 5.61. The summed E-state index contributed by atoms with van der Waals surface area (Å²) in [5, 5.41) is 20.2. The Balaban J connectivity index is 3.86. The SMILES string of the molecule is CCC[C@H](NC(C)CO)C(=O)O. The Hall–Kier alpha value is -0.610. The molecule has 0 fully saturated rings. The molecule has 0 aliphatic carbocycles. The zero-order chi connectivity index (χ0) is 9.56. The summed E-state index contributed by atoms with van der Waals surface area (Å²) >= 11 is 0. The molecule has 0 aliphatic heterocycles. The molecule has 2 atom stereocenters. The number of nitrogens with one attached hydrogen (secondary N) is 1. The van der Waals surface area contributed by atoms with Crippen LogP contribution in [-0.2, 0) is 4.79 Å². The lowest BCUT2D eigenvalue weighted by Crippen LogP contribution is -2.43. The molecule has 1 unspecified atom stereocenters. The molecule has 0 amide bonds. The van der Waals surface area contributed by atoms with Gasteiger partial charge in [0.25, 0.3) is 0 Å². The fraction of sp³-hybridized carbons (Fsp3) is 0.875. The molecule has 0 saturated carbocycles. The third kappa shape index (κ3) is 4.31. The molecule has 3 N–H and O–H groups in total. The maximum atomic E-state index is 10.6. The fourth-order valence-corrected chi connectivity index (χ4v) is 0.963. The first kappa shape index (κ1) is 11.4. The predicted octanol–water partition coefficient (Wildman–Crippen LogP) is 0.210. The van der Waals surface area contributed by atoms with Crippen molar-refractivity contribution in [2.24, 2.45) is 0 Å². The average Bonchev–Trinajstić information content (AvgIpc) is 2.03. The third-order valence-corrected chi connectivity index (χ3v) is 1.64. The topological polar surface area (TPSA) is 69.6 Å². The van der Waals surface area contributed by atoms with Gasteiger partial charge in [-0.25, -0.2) is 0 Å². The van der Waals surface area contributed by atoms with E-state index < -0.39 is 12.0 Å². The fourth-order valence-electron chi connectivity index (χ4n) is 0.963. The van der Waals surface area contributed by atoms with Crippen molar-refractivity contribution < 1.29 is 15.0 Å². The van der Waals surface area contributed by atoms with Crippen LogP contribution >= 0.6 is 0 Å². The van der Waals surface area contributed by atoms with E-state index in [-0.39, 0.29) is 12.6 Å². The first-order valence-corrected chi connectivity index (χ1v) is 4.21. The van der Waals surface area contributed by atoms with Crippen LogP contribution in [0, 0.1) is 0 Å². The van der Waals surface area contributed by atoms with E-state index >= 15 is 0 Å². The monoisotopic (exact) mass is 175 g/mol. The highest BCUT2D eigenvalue weighted by Crippen LogP contribution is 1.98. The van der Waals surface area contributed by atoms with Gasteiger partial charge in [0.05, 0.1) is 6.61 Å². The molecule has 0 aromatic heterocycles. The van der Waals surface area contributed by atoms with Crippen molar-refractivity contribution in [1.82, 2.24) is 5.32 Å². The lowest BCUT2D eigenvalue weighted by Gasteiger charge is -2.17. The molecule has 4 nitrogen and oxygen atoms in total. The minimum Gasteiger partial charge on any atom is -0.480 e. The molecule has 0 heterocycles. The lowest BCUT2D eigenvalue weighted by atomic mass is 10.1. The minimum atomic E-state index is -0.850. The van der Waals surface area contributed by atoms with Crippen LogP contribution in [0.4, 0.5) is 0 Å². The molecule has 0 aromatic rings. The van der Waals surface area contributed by atoms with Gasteiger partial charge in [-0.15, -0.1) is 0 Å². The van der Waals surface area contributed by atoms with Crippen molar-refractivity contribution >= 4 is 5.97 Å². The zero-order valence-corrected chi connectivity index (χ0v) is 7.58. The quantitative estimate of drug-likeness (QED) is 0.539. The molecule has 72 valence electrons. The zero-order valence-electron chi connectivity index (χ0n) is 7.58. The molecule has 0 aliphatic rings. The normalized spacial score (nSPS) is 15.6. The lowest BCUT2D eigenvalue weighted by molar-refractivity contribution is -0.139. The van der Waals surface area contributed by atoms with Crippen LogP contribution < -0.4 is 5.32 Å². The summed E-state index contributed by atoms with van der Waals surface area (Å²) in [5.74, 6) is -0.850. The summed E-state index contributed by atoms with van der Waals surface area (Å²) in [6, 6.07) is -0.685. The molecule has 0 bridgehead atoms. The number of carbonyl (C=O) groups is 1. The van der Waals surface area contributed by atoms with Crippen LogP contribution in [0.15, 0.2) is 0 Å². The van der Waals surface area contributed by atoms with E-state index in [1.54, 1.807) is 6.92 Å². The molecular weight excluding hydrogens is 158 g/mol. The summed E-state index contributed by atoms with van der Waals surface area (Å²) in [7, 11) is 0. The molecule has 0 spiro atoms. The van der Waals surface area contributed by atoms with Crippen molar-refractivity contribution in [3.8, 4) is 0 Å². The minimum absolute atomic E-state index is 0.0342. The van der Waals surface area contributed by atoms with Gasteiger partial charge in [-0.2, -0.15) is 0 Å². The second-order valence-corrected chi connectivity index (χ2v) is 2.93. The third-order valence-electron chi connectivity index (χ3n) is 1.64. The summed E-state index contributed by atoms with van der Waals surface area (Å²) < 4.78 is 0. The van der Waals surface area contributed by atoms with Crippen molar-refractivity contribution in [2.45, 2.75) is 38.8 Å². The second-order valence-electron chi connectivity index (χ2n) is 2.93. The Morgan fingerprint density at radius 1 is 1.58 bits per heavy atom. The number of aliphatic hydroxyl groups is 1. The van der Waals surface area contributed by atoms with Gasteiger partial charge >= 0.3 is 5.97 Å². The van der Waals surface area contributed by atoms with E-state index in [0.29, 0.717) is 6.42 Å². The van der Waals surface area contributed by atoms with Gasteiger partial charge < -0.3 is 10.2 Å². The Kier molecular flexibility index (Phi) is 5.66. The highest BCUT2D eigenvalue weighted by Gasteiger charge is 2.17. The Morgan fingerprint density at radius 3 is 2.50 bits per heavy atom. The van der Waals surface area contributed by atoms with Crippen LogP contribution in [-0.4, -0.2) is 34.9 Å². The van der Waals surface area contributed by atoms with Crippen LogP contribution in [0.25, 0.3) is 0 Å². The van der Waals surface area contributed by atoms with Crippen LogP contribution in [0.1, 0.15) is 26.7 Å². The average molecular weight is 175 g/mol. The summed E-state index contributed by atoms with van der Waals surface area (Å²) in [6.07, 6.45) is 1.42. The van der Waals surface area contributed by atoms with Crippen molar-refractivity contribution in [3.63, 3.8) is 0 Å². The highest BCUT2D eigenvalue weighted by atomic mass is 16.4. The second kappa shape index (κ2) is 5.97. The summed E-state index contributed by atoms with van der Waals surface area (Å²) in [4.78, 5) is 10.6. The van der Waals surface area contributed by atoms with Gasteiger partial charge in [0, 0.05) is 6.04 Å². The molecule has 12 heavy (non-hydrogen) atoms. The van der Waals surface area contributed by atoms with E-state index in [9.17, 15) is 4.79 Å². The standard InChI is InChI=1S/C8H17NO3/c1-3-4-7(8(11)12)9-6(2)5-10/h6-7,9-10H,3-5H2,1-2H3,(H,11,12)/t6?,7-/m0/s1. The number of carboxylic acids is 1. The number of carboxylic acid groups (broad SMARTS) is 1. The molecule has 0 saturated heterocycles. The van der Waals surface area contributed by atoms with Gasteiger partial charge in [0.15, 0.2) is 0 Å². The number of aliphatic hydroxyl groups excluding tert-OH is 1. The number of rotatable bonds is 6. The molecule has 0 aromatic carbocycles. The van der Waals surface area contributed by atoms with E-state index in [1.807, 2.05) is 6.92 Å². The maximum Gasteiger partial charge on any atom is 0.320 e.